The molecule has 14 nitrogen and oxygen atoms in total. The second-order valence-electron chi connectivity index (χ2n) is 14.7. The number of rotatable bonds is 14. The van der Waals surface area contributed by atoms with Crippen molar-refractivity contribution in [1.29, 1.82) is 0 Å². The highest BCUT2D eigenvalue weighted by Crippen LogP contribution is 2.39. The molecule has 0 aliphatic carbocycles. The van der Waals surface area contributed by atoms with E-state index in [9.17, 15) is 4.79 Å². The number of anilines is 4. The number of methoxy groups -OCH3 is 2. The summed E-state index contributed by atoms with van der Waals surface area (Å²) in [6.07, 6.45) is 4.51. The Bertz CT molecular complexity index is 2070. The van der Waals surface area contributed by atoms with E-state index in [0.717, 1.165) is 96.8 Å². The topological polar surface area (TPSA) is 122 Å². The molecule has 0 atom stereocenters. The van der Waals surface area contributed by atoms with Crippen molar-refractivity contribution in [3.63, 3.8) is 0 Å². The highest BCUT2D eigenvalue weighted by molar-refractivity contribution is 5.94. The van der Waals surface area contributed by atoms with Gasteiger partial charge in [0.25, 0.3) is 5.91 Å². The zero-order chi connectivity index (χ0) is 39.8. The third-order valence-corrected chi connectivity index (χ3v) is 11.0. The van der Waals surface area contributed by atoms with Crippen LogP contribution in [0.4, 0.5) is 23.4 Å². The van der Waals surface area contributed by atoms with Crippen LogP contribution in [0.3, 0.4) is 0 Å². The van der Waals surface area contributed by atoms with Crippen molar-refractivity contribution in [2.75, 3.05) is 108 Å². The van der Waals surface area contributed by atoms with Crippen molar-refractivity contribution in [1.82, 2.24) is 29.7 Å². The summed E-state index contributed by atoms with van der Waals surface area (Å²) in [6.45, 7) is 9.37. The van der Waals surface area contributed by atoms with E-state index >= 15 is 0 Å². The first-order valence-electron chi connectivity index (χ1n) is 20.0. The first kappa shape index (κ1) is 39.0. The Kier molecular flexibility index (Phi) is 12.2. The molecule has 0 spiro atoms. The highest BCUT2D eigenvalue weighted by Gasteiger charge is 2.30. The monoisotopic (exact) mass is 785 g/mol. The van der Waals surface area contributed by atoms with Crippen molar-refractivity contribution in [3.8, 4) is 22.8 Å². The number of likely N-dealkylation sites (N-methyl/N-ethyl adjacent to an activating group) is 1. The Hall–Kier alpha value is -5.83. The molecule has 14 heteroatoms. The molecule has 3 aliphatic heterocycles. The number of morpholine rings is 2. The van der Waals surface area contributed by atoms with Gasteiger partial charge in [0, 0.05) is 101 Å². The van der Waals surface area contributed by atoms with E-state index in [4.69, 9.17) is 38.9 Å². The fourth-order valence-electron chi connectivity index (χ4n) is 7.57. The van der Waals surface area contributed by atoms with Crippen LogP contribution in [0.2, 0.25) is 0 Å². The number of carbonyl (C=O) groups excluding carboxylic acids is 1. The van der Waals surface area contributed by atoms with Gasteiger partial charge < -0.3 is 38.5 Å². The van der Waals surface area contributed by atoms with E-state index in [0.29, 0.717) is 63.4 Å². The van der Waals surface area contributed by atoms with Gasteiger partial charge in [-0.2, -0.15) is 4.98 Å². The Labute approximate surface area is 340 Å². The third-order valence-electron chi connectivity index (χ3n) is 11.0. The normalized spacial score (nSPS) is 15.6. The Balaban J connectivity index is 1.05. The summed E-state index contributed by atoms with van der Waals surface area (Å²) < 4.78 is 21.9. The molecule has 2 saturated heterocycles. The molecule has 0 N–H and O–H groups in total. The van der Waals surface area contributed by atoms with Gasteiger partial charge in [0.2, 0.25) is 11.9 Å². The molecule has 0 saturated carbocycles. The Morgan fingerprint density at radius 1 is 0.741 bits per heavy atom. The molecule has 0 radical (unpaired) electrons. The first-order chi connectivity index (χ1) is 28.4. The third kappa shape index (κ3) is 8.99. The largest absolute Gasteiger partial charge is 0.497 e. The van der Waals surface area contributed by atoms with E-state index in [-0.39, 0.29) is 5.91 Å². The lowest BCUT2D eigenvalue weighted by atomic mass is 10.1. The van der Waals surface area contributed by atoms with Crippen molar-refractivity contribution in [2.45, 2.75) is 19.5 Å². The van der Waals surface area contributed by atoms with Crippen LogP contribution in [-0.4, -0.2) is 129 Å². The van der Waals surface area contributed by atoms with Gasteiger partial charge in [-0.1, -0.05) is 24.3 Å². The van der Waals surface area contributed by atoms with E-state index in [1.807, 2.05) is 68.0 Å². The van der Waals surface area contributed by atoms with Gasteiger partial charge in [-0.3, -0.25) is 9.69 Å². The molecule has 5 aromatic rings. The summed E-state index contributed by atoms with van der Waals surface area (Å²) in [5.74, 6) is 3.75. The minimum atomic E-state index is 0.0101. The van der Waals surface area contributed by atoms with Crippen LogP contribution in [0.15, 0.2) is 85.2 Å². The van der Waals surface area contributed by atoms with E-state index in [1.54, 1.807) is 19.1 Å². The molecule has 3 aliphatic rings. The number of hydrogen-bond acceptors (Lipinski definition) is 13. The summed E-state index contributed by atoms with van der Waals surface area (Å²) in [6, 6.07) is 24.0. The van der Waals surface area contributed by atoms with E-state index in [2.05, 4.69) is 43.9 Å². The standard InChI is InChI=1S/C44H51N9O5/c1-49(18-19-50-20-24-57-25-21-50)42(54)34-8-10-36(11-9-34)53-17-16-39-40(47-44(48-41(39)53)51-22-26-58-27-23-51)35-28-45-43(46-29-35)52(30-32-4-12-37(55-2)13-5-32)31-33-6-14-38(56-3)15-7-33/h4-15,28-29H,16-27,30-31H2,1-3H3. The maximum atomic E-state index is 13.4. The molecule has 5 heterocycles. The summed E-state index contributed by atoms with van der Waals surface area (Å²) in [7, 11) is 5.21. The Morgan fingerprint density at radius 2 is 1.33 bits per heavy atom. The predicted octanol–water partition coefficient (Wildman–Crippen LogP) is 5.09. The predicted molar refractivity (Wildman–Crippen MR) is 223 cm³/mol. The number of amides is 1. The maximum Gasteiger partial charge on any atom is 0.253 e. The minimum Gasteiger partial charge on any atom is -0.497 e. The van der Waals surface area contributed by atoms with Gasteiger partial charge in [0.1, 0.15) is 17.3 Å². The van der Waals surface area contributed by atoms with Gasteiger partial charge in [-0.25, -0.2) is 15.0 Å². The molecule has 2 aromatic heterocycles. The molecule has 1 amide bonds. The van der Waals surface area contributed by atoms with Crippen LogP contribution < -0.4 is 24.2 Å². The summed E-state index contributed by atoms with van der Waals surface area (Å²) in [5, 5.41) is 0. The van der Waals surface area contributed by atoms with Crippen molar-refractivity contribution >= 4 is 29.3 Å². The summed E-state index contributed by atoms with van der Waals surface area (Å²) in [4.78, 5) is 44.3. The van der Waals surface area contributed by atoms with Crippen LogP contribution >= 0.6 is 0 Å². The molecular formula is C44H51N9O5. The summed E-state index contributed by atoms with van der Waals surface area (Å²) >= 11 is 0. The lowest BCUT2D eigenvalue weighted by Gasteiger charge is -2.29. The number of carbonyl (C=O) groups is 1. The van der Waals surface area contributed by atoms with Crippen molar-refractivity contribution in [3.05, 3.63) is 107 Å². The van der Waals surface area contributed by atoms with Crippen LogP contribution in [0.5, 0.6) is 11.5 Å². The van der Waals surface area contributed by atoms with Crippen LogP contribution in [0.1, 0.15) is 27.0 Å². The van der Waals surface area contributed by atoms with Crippen LogP contribution in [-0.2, 0) is 29.0 Å². The minimum absolute atomic E-state index is 0.0101. The Morgan fingerprint density at radius 3 is 1.91 bits per heavy atom. The van der Waals surface area contributed by atoms with E-state index in [1.165, 1.54) is 0 Å². The number of hydrogen-bond donors (Lipinski definition) is 0. The molecule has 0 bridgehead atoms. The molecule has 8 rings (SSSR count). The molecule has 2 fully saturated rings. The van der Waals surface area contributed by atoms with E-state index < -0.39 is 0 Å². The number of benzene rings is 3. The number of aromatic nitrogens is 4. The van der Waals surface area contributed by atoms with Crippen molar-refractivity contribution in [2.24, 2.45) is 0 Å². The first-order valence-corrected chi connectivity index (χ1v) is 20.0. The molecular weight excluding hydrogens is 735 g/mol. The fourth-order valence-corrected chi connectivity index (χ4v) is 7.57. The highest BCUT2D eigenvalue weighted by atomic mass is 16.5. The van der Waals surface area contributed by atoms with Crippen LogP contribution in [0, 0.1) is 0 Å². The summed E-state index contributed by atoms with van der Waals surface area (Å²) in [5.41, 5.74) is 6.56. The second-order valence-corrected chi connectivity index (χ2v) is 14.7. The van der Waals surface area contributed by atoms with Gasteiger partial charge in [0.05, 0.1) is 46.3 Å². The smallest absolute Gasteiger partial charge is 0.253 e. The quantitative estimate of drug-likeness (QED) is 0.149. The lowest BCUT2D eigenvalue weighted by Crippen LogP contribution is -2.41. The van der Waals surface area contributed by atoms with Gasteiger partial charge in [-0.05, 0) is 66.1 Å². The van der Waals surface area contributed by atoms with Crippen molar-refractivity contribution < 1.29 is 23.7 Å². The molecule has 3 aromatic carbocycles. The van der Waals surface area contributed by atoms with Gasteiger partial charge in [-0.15, -0.1) is 0 Å². The van der Waals surface area contributed by atoms with Gasteiger partial charge in [0.15, 0.2) is 0 Å². The molecule has 58 heavy (non-hydrogen) atoms. The van der Waals surface area contributed by atoms with Crippen LogP contribution in [0.25, 0.3) is 11.3 Å². The van der Waals surface area contributed by atoms with Gasteiger partial charge >= 0.3 is 0 Å². The number of fused-ring (bicyclic) bond motifs is 1. The average Bonchev–Trinajstić information content (AvgIpc) is 3.73. The molecule has 302 valence electrons. The lowest BCUT2D eigenvalue weighted by molar-refractivity contribution is 0.0338. The number of nitrogens with zero attached hydrogens (tertiary/aromatic N) is 9. The second kappa shape index (κ2) is 18.2. The fraction of sp³-hybridized carbons (Fsp3) is 0.386. The SMILES string of the molecule is COc1ccc(CN(Cc2ccc(OC)cc2)c2ncc(-c3nc(N4CCOCC4)nc4c3CCN4c3ccc(C(=O)N(C)CCN4CCOCC4)cc3)cn2)cc1. The molecule has 0 unspecified atom stereocenters. The zero-order valence-corrected chi connectivity index (χ0v) is 33.5. The average molecular weight is 786 g/mol. The zero-order valence-electron chi connectivity index (χ0n) is 33.5. The number of ether oxygens (including phenoxy) is 4. The maximum absolute atomic E-state index is 13.4.